The Hall–Kier alpha value is -2.69. The van der Waals surface area contributed by atoms with Crippen LogP contribution in [0.25, 0.3) is 0 Å². The Labute approximate surface area is 213 Å². The summed E-state index contributed by atoms with van der Waals surface area (Å²) in [6, 6.07) is 6.46. The molecular formula is C25H33F3N4O3S. The highest BCUT2D eigenvalue weighted by Gasteiger charge is 2.30. The van der Waals surface area contributed by atoms with Crippen molar-refractivity contribution in [3.8, 4) is 5.75 Å². The van der Waals surface area contributed by atoms with E-state index in [1.54, 1.807) is 17.1 Å². The van der Waals surface area contributed by atoms with Crippen molar-refractivity contribution < 1.29 is 27.5 Å². The van der Waals surface area contributed by atoms with Gasteiger partial charge in [-0.3, -0.25) is 9.59 Å². The van der Waals surface area contributed by atoms with Gasteiger partial charge in [0.25, 0.3) is 5.91 Å². The third kappa shape index (κ3) is 9.07. The van der Waals surface area contributed by atoms with Gasteiger partial charge in [-0.15, -0.1) is 0 Å². The summed E-state index contributed by atoms with van der Waals surface area (Å²) in [5, 5.41) is 11.6. The molecule has 1 aromatic rings. The largest absolute Gasteiger partial charge is 0.484 e. The summed E-state index contributed by atoms with van der Waals surface area (Å²) in [4.78, 5) is 25.4. The highest BCUT2D eigenvalue weighted by atomic mass is 32.2. The molecule has 1 aliphatic carbocycles. The number of aryl methyl sites for hydroxylation is 1. The minimum Gasteiger partial charge on any atom is -0.484 e. The van der Waals surface area contributed by atoms with Crippen LogP contribution in [0, 0.1) is 5.92 Å². The summed E-state index contributed by atoms with van der Waals surface area (Å²) >= 11 is 1.39. The van der Waals surface area contributed by atoms with Gasteiger partial charge in [-0.1, -0.05) is 25.0 Å². The monoisotopic (exact) mass is 526 g/mol. The second kappa shape index (κ2) is 13.0. The summed E-state index contributed by atoms with van der Waals surface area (Å²) < 4.78 is 42.1. The first-order valence-electron chi connectivity index (χ1n) is 12.0. The highest BCUT2D eigenvalue weighted by molar-refractivity contribution is 7.99. The van der Waals surface area contributed by atoms with Crippen molar-refractivity contribution in [2.75, 3.05) is 25.2 Å². The van der Waals surface area contributed by atoms with Crippen LogP contribution < -0.4 is 15.4 Å². The lowest BCUT2D eigenvalue weighted by Gasteiger charge is -2.30. The van der Waals surface area contributed by atoms with Gasteiger partial charge >= 0.3 is 6.18 Å². The number of rotatable bonds is 13. The third-order valence-electron chi connectivity index (χ3n) is 6.13. The smallest absolute Gasteiger partial charge is 0.422 e. The number of carbonyl (C=O) groups excluding carboxylic acids is 2. The quantitative estimate of drug-likeness (QED) is 0.228. The van der Waals surface area contributed by atoms with Gasteiger partial charge in [0, 0.05) is 19.3 Å². The second-order valence-corrected chi connectivity index (χ2v) is 9.97. The first kappa shape index (κ1) is 27.9. The van der Waals surface area contributed by atoms with Gasteiger partial charge < -0.3 is 15.4 Å². The predicted molar refractivity (Wildman–Crippen MR) is 135 cm³/mol. The number of hydrogen-bond acceptors (Lipinski definition) is 6. The van der Waals surface area contributed by atoms with Gasteiger partial charge in [0.2, 0.25) is 5.91 Å². The zero-order valence-electron chi connectivity index (χ0n) is 20.4. The van der Waals surface area contributed by atoms with Crippen molar-refractivity contribution >= 4 is 30.3 Å². The Morgan fingerprint density at radius 1 is 1.31 bits per heavy atom. The number of nitrogens with one attached hydrogen (secondary N) is 2. The molecule has 2 aliphatic rings. The zero-order valence-corrected chi connectivity index (χ0v) is 21.2. The van der Waals surface area contributed by atoms with Crippen LogP contribution in [0.15, 0.2) is 40.8 Å². The molecule has 1 saturated carbocycles. The summed E-state index contributed by atoms with van der Waals surface area (Å²) in [5.74, 6) is 1.03. The van der Waals surface area contributed by atoms with Crippen LogP contribution in [0.4, 0.5) is 13.2 Å². The molecule has 1 aliphatic heterocycles. The van der Waals surface area contributed by atoms with Gasteiger partial charge in [0.15, 0.2) is 6.61 Å². The molecule has 1 atom stereocenters. The van der Waals surface area contributed by atoms with E-state index >= 15 is 0 Å². The van der Waals surface area contributed by atoms with E-state index in [0.717, 1.165) is 12.0 Å². The molecule has 1 saturated heterocycles. The summed E-state index contributed by atoms with van der Waals surface area (Å²) in [6.07, 6.45) is 3.08. The molecule has 3 rings (SSSR count). The van der Waals surface area contributed by atoms with Crippen LogP contribution in [0.3, 0.4) is 0 Å². The molecule has 11 heteroatoms. The maximum atomic E-state index is 13.1. The SMILES string of the molecule is C=NN(CCC1CC1)/C(NC(=O)CSC)=C1\CCC(CCc2cccc(OCC(F)(F)F)c2)NC1=O. The topological polar surface area (TPSA) is 83.0 Å². The number of hydrazone groups is 1. The van der Waals surface area contributed by atoms with E-state index in [2.05, 4.69) is 22.5 Å². The van der Waals surface area contributed by atoms with Gasteiger partial charge in [-0.2, -0.15) is 30.0 Å². The molecule has 0 aromatic heterocycles. The predicted octanol–water partition coefficient (Wildman–Crippen LogP) is 4.25. The fourth-order valence-corrected chi connectivity index (χ4v) is 4.41. The molecule has 198 valence electrons. The molecule has 0 radical (unpaired) electrons. The standard InChI is InChI=1S/C25H33F3N4O3S/c1-29-32(13-12-17-6-7-17)23(31-22(33)15-36-2)21-11-10-19(30-24(21)34)9-8-18-4-3-5-20(14-18)35-16-25(26,27)28/h3-5,14,17,19H,1,6-13,15-16H2,2H3,(H,30,34)(H,31,33)/b23-21+. The third-order valence-corrected chi connectivity index (χ3v) is 6.68. The Balaban J connectivity index is 1.62. The maximum absolute atomic E-state index is 13.1. The lowest BCUT2D eigenvalue weighted by atomic mass is 9.94. The number of ether oxygens (including phenoxy) is 1. The maximum Gasteiger partial charge on any atom is 0.422 e. The summed E-state index contributed by atoms with van der Waals surface area (Å²) in [6.45, 7) is 2.89. The van der Waals surface area contributed by atoms with Crippen LogP contribution in [-0.2, 0) is 16.0 Å². The molecule has 7 nitrogen and oxygen atoms in total. The molecule has 1 aromatic carbocycles. The number of thioether (sulfide) groups is 1. The van der Waals surface area contributed by atoms with E-state index in [4.69, 9.17) is 4.74 Å². The average molecular weight is 527 g/mol. The van der Waals surface area contributed by atoms with Crippen LogP contribution in [0.2, 0.25) is 0 Å². The number of piperidine rings is 1. The Kier molecular flexibility index (Phi) is 10.1. The van der Waals surface area contributed by atoms with E-state index in [9.17, 15) is 22.8 Å². The second-order valence-electron chi connectivity index (χ2n) is 9.10. The number of carbonyl (C=O) groups is 2. The summed E-state index contributed by atoms with van der Waals surface area (Å²) in [7, 11) is 0. The van der Waals surface area contributed by atoms with E-state index in [0.29, 0.717) is 49.5 Å². The number of hydrogen-bond donors (Lipinski definition) is 2. The van der Waals surface area contributed by atoms with Crippen molar-refractivity contribution in [3.05, 3.63) is 41.2 Å². The minimum absolute atomic E-state index is 0.0965. The van der Waals surface area contributed by atoms with Crippen molar-refractivity contribution in [2.24, 2.45) is 11.0 Å². The number of nitrogens with zero attached hydrogens (tertiary/aromatic N) is 2. The van der Waals surface area contributed by atoms with Crippen molar-refractivity contribution in [2.45, 2.75) is 57.2 Å². The fourth-order valence-electron chi connectivity index (χ4n) is 4.08. The molecule has 2 N–H and O–H groups in total. The van der Waals surface area contributed by atoms with E-state index in [-0.39, 0.29) is 29.4 Å². The lowest BCUT2D eigenvalue weighted by molar-refractivity contribution is -0.153. The first-order chi connectivity index (χ1) is 17.2. The molecule has 2 fully saturated rings. The fraction of sp³-hybridized carbons (Fsp3) is 0.560. The minimum atomic E-state index is -4.39. The lowest BCUT2D eigenvalue weighted by Crippen LogP contribution is -2.44. The number of benzene rings is 1. The van der Waals surface area contributed by atoms with E-state index in [1.807, 2.05) is 12.3 Å². The van der Waals surface area contributed by atoms with Crippen LogP contribution in [-0.4, -0.2) is 60.9 Å². The van der Waals surface area contributed by atoms with Crippen molar-refractivity contribution in [1.82, 2.24) is 15.6 Å². The normalized spacial score (nSPS) is 19.3. The van der Waals surface area contributed by atoms with E-state index < -0.39 is 12.8 Å². The highest BCUT2D eigenvalue weighted by Crippen LogP contribution is 2.33. The van der Waals surface area contributed by atoms with Gasteiger partial charge in [-0.25, -0.2) is 5.01 Å². The van der Waals surface area contributed by atoms with Crippen molar-refractivity contribution in [1.29, 1.82) is 0 Å². The molecule has 36 heavy (non-hydrogen) atoms. The van der Waals surface area contributed by atoms with Gasteiger partial charge in [0.05, 0.1) is 11.3 Å². The molecule has 0 bridgehead atoms. The number of alkyl halides is 3. The Bertz CT molecular complexity index is 966. The number of amides is 2. The Morgan fingerprint density at radius 3 is 2.72 bits per heavy atom. The molecule has 1 unspecified atom stereocenters. The zero-order chi connectivity index (χ0) is 26.1. The van der Waals surface area contributed by atoms with Gasteiger partial charge in [0.1, 0.15) is 11.6 Å². The molecular weight excluding hydrogens is 493 g/mol. The van der Waals surface area contributed by atoms with Crippen LogP contribution in [0.5, 0.6) is 5.75 Å². The molecule has 1 heterocycles. The van der Waals surface area contributed by atoms with Gasteiger partial charge in [-0.05, 0) is 62.0 Å². The van der Waals surface area contributed by atoms with E-state index in [1.165, 1.54) is 30.7 Å². The van der Waals surface area contributed by atoms with Crippen LogP contribution >= 0.6 is 11.8 Å². The first-order valence-corrected chi connectivity index (χ1v) is 13.4. The molecule has 2 amide bonds. The average Bonchev–Trinajstić information content (AvgIpc) is 3.66. The molecule has 0 spiro atoms. The number of halogens is 3. The van der Waals surface area contributed by atoms with Crippen LogP contribution in [0.1, 0.15) is 44.1 Å². The summed E-state index contributed by atoms with van der Waals surface area (Å²) in [5.41, 5.74) is 1.31. The van der Waals surface area contributed by atoms with Crippen molar-refractivity contribution in [3.63, 3.8) is 0 Å². The Morgan fingerprint density at radius 2 is 2.08 bits per heavy atom.